The summed E-state index contributed by atoms with van der Waals surface area (Å²) in [6.45, 7) is 10.6. The Labute approximate surface area is 199 Å². The second kappa shape index (κ2) is 9.37. The van der Waals surface area contributed by atoms with Crippen molar-refractivity contribution >= 4 is 34.2 Å². The highest BCUT2D eigenvalue weighted by Gasteiger charge is 2.26. The van der Waals surface area contributed by atoms with Gasteiger partial charge in [-0.15, -0.1) is 11.3 Å². The summed E-state index contributed by atoms with van der Waals surface area (Å²) in [6, 6.07) is 3.84. The lowest BCUT2D eigenvalue weighted by atomic mass is 9.78. The number of fused-ring (bicyclic) bond motifs is 1. The van der Waals surface area contributed by atoms with Crippen molar-refractivity contribution in [1.29, 1.82) is 0 Å². The Morgan fingerprint density at radius 2 is 2.00 bits per heavy atom. The van der Waals surface area contributed by atoms with Crippen LogP contribution in [0.25, 0.3) is 21.7 Å². The fraction of sp³-hybridized carbons (Fsp3) is 0.538. The van der Waals surface area contributed by atoms with Crippen LogP contribution < -0.4 is 5.32 Å². The van der Waals surface area contributed by atoms with Crippen molar-refractivity contribution in [2.75, 3.05) is 0 Å². The summed E-state index contributed by atoms with van der Waals surface area (Å²) in [4.78, 5) is 39.7. The van der Waals surface area contributed by atoms with E-state index in [1.54, 1.807) is 12.4 Å². The molecule has 0 aliphatic heterocycles. The molecule has 3 heterocycles. The number of carbonyl (C=O) groups excluding carboxylic acids is 2. The third-order valence-corrected chi connectivity index (χ3v) is 8.29. The number of amides is 1. The first kappa shape index (κ1) is 23.6. The van der Waals surface area contributed by atoms with Crippen LogP contribution in [0.4, 0.5) is 0 Å². The lowest BCUT2D eigenvalue weighted by Crippen LogP contribution is -2.41. The van der Waals surface area contributed by atoms with Crippen LogP contribution in [0.3, 0.4) is 0 Å². The average molecular weight is 467 g/mol. The highest BCUT2D eigenvalue weighted by molar-refractivity contribution is 7.17. The number of ketones is 1. The van der Waals surface area contributed by atoms with Gasteiger partial charge in [0.2, 0.25) is 0 Å². The summed E-state index contributed by atoms with van der Waals surface area (Å²) < 4.78 is 0. The van der Waals surface area contributed by atoms with Crippen molar-refractivity contribution in [1.82, 2.24) is 20.3 Å². The number of Topliss-reactive ketones (excluding diaryl/α,β-unsaturated/α-hetero) is 1. The van der Waals surface area contributed by atoms with Crippen LogP contribution in [0, 0.1) is 17.3 Å². The van der Waals surface area contributed by atoms with Crippen molar-refractivity contribution in [3.63, 3.8) is 0 Å². The number of aromatic amines is 1. The molecule has 1 fully saturated rings. The normalized spacial score (nSPS) is 20.0. The number of H-pyrrole nitrogens is 1. The fourth-order valence-corrected chi connectivity index (χ4v) is 5.24. The van der Waals surface area contributed by atoms with Crippen LogP contribution in [0.2, 0.25) is 0 Å². The largest absolute Gasteiger partial charge is 0.349 e. The Bertz CT molecular complexity index is 1160. The van der Waals surface area contributed by atoms with Gasteiger partial charge in [0, 0.05) is 18.7 Å². The van der Waals surface area contributed by atoms with E-state index in [-0.39, 0.29) is 23.1 Å². The third-order valence-electron chi connectivity index (χ3n) is 7.14. The van der Waals surface area contributed by atoms with Crippen molar-refractivity contribution < 1.29 is 9.59 Å². The molecule has 176 valence electrons. The summed E-state index contributed by atoms with van der Waals surface area (Å²) >= 11 is 1.46. The standard InChI is InChI=1S/C26H34N4O2S/c1-15-8-6-7-9-17(15)12-20(31)22-11-10-21(33-22)19-14-28-24-23(30-19)18(13-27-24)25(32)29-16(2)26(3,4)5/h10-11,13-17H,6-9,12H2,1-5H3,(H,27,28)(H,29,32)/t15?,16-,17?/m0/s1. The molecule has 0 bridgehead atoms. The second-order valence-corrected chi connectivity index (χ2v) is 11.6. The quantitative estimate of drug-likeness (QED) is 0.420. The lowest BCUT2D eigenvalue weighted by Gasteiger charge is -2.27. The zero-order chi connectivity index (χ0) is 23.8. The predicted octanol–water partition coefficient (Wildman–Crippen LogP) is 6.25. The molecule has 0 radical (unpaired) electrons. The van der Waals surface area contributed by atoms with Gasteiger partial charge in [-0.05, 0) is 42.7 Å². The van der Waals surface area contributed by atoms with Crippen LogP contribution >= 0.6 is 11.3 Å². The minimum absolute atomic E-state index is 0.00356. The number of hydrogen-bond donors (Lipinski definition) is 2. The monoisotopic (exact) mass is 466 g/mol. The SMILES string of the molecule is CC1CCCCC1CC(=O)c1ccc(-c2cnc3[nH]cc(C(=O)N[C@@H](C)C(C)(C)C)c3n2)s1. The molecule has 6 nitrogen and oxygen atoms in total. The first-order valence-corrected chi connectivity index (χ1v) is 12.7. The van der Waals surface area contributed by atoms with E-state index in [9.17, 15) is 9.59 Å². The number of nitrogens with zero attached hydrogens (tertiary/aromatic N) is 2. The van der Waals surface area contributed by atoms with Crippen LogP contribution in [-0.4, -0.2) is 32.7 Å². The van der Waals surface area contributed by atoms with E-state index in [1.807, 2.05) is 19.1 Å². The van der Waals surface area contributed by atoms with Gasteiger partial charge >= 0.3 is 0 Å². The Morgan fingerprint density at radius 1 is 1.24 bits per heavy atom. The van der Waals surface area contributed by atoms with Gasteiger partial charge in [0.15, 0.2) is 11.4 Å². The third kappa shape index (κ3) is 5.18. The summed E-state index contributed by atoms with van der Waals surface area (Å²) in [5.74, 6) is 1.16. The molecular formula is C26H34N4O2S. The highest BCUT2D eigenvalue weighted by Crippen LogP contribution is 2.35. The maximum absolute atomic E-state index is 12.9. The maximum Gasteiger partial charge on any atom is 0.255 e. The van der Waals surface area contributed by atoms with Crippen LogP contribution in [0.15, 0.2) is 24.5 Å². The first-order chi connectivity index (χ1) is 15.6. The number of nitrogens with one attached hydrogen (secondary N) is 2. The Kier molecular flexibility index (Phi) is 6.71. The minimum Gasteiger partial charge on any atom is -0.349 e. The molecular weight excluding hydrogens is 432 g/mol. The van der Waals surface area contributed by atoms with Gasteiger partial charge in [0.1, 0.15) is 5.52 Å². The molecule has 1 saturated carbocycles. The fourth-order valence-electron chi connectivity index (χ4n) is 4.33. The van der Waals surface area contributed by atoms with E-state index in [4.69, 9.17) is 4.98 Å². The van der Waals surface area contributed by atoms with Crippen molar-refractivity contribution in [2.45, 2.75) is 72.8 Å². The van der Waals surface area contributed by atoms with Crippen LogP contribution in [0.5, 0.6) is 0 Å². The maximum atomic E-state index is 12.9. The molecule has 3 aromatic rings. The topological polar surface area (TPSA) is 87.7 Å². The number of carbonyl (C=O) groups is 2. The molecule has 4 rings (SSSR count). The van der Waals surface area contributed by atoms with E-state index in [0.717, 1.165) is 16.2 Å². The molecule has 2 N–H and O–H groups in total. The van der Waals surface area contributed by atoms with Gasteiger partial charge < -0.3 is 10.3 Å². The number of hydrogen-bond acceptors (Lipinski definition) is 5. The number of aromatic nitrogens is 3. The molecule has 1 aliphatic carbocycles. The molecule has 3 aromatic heterocycles. The van der Waals surface area contributed by atoms with Crippen LogP contribution in [-0.2, 0) is 0 Å². The van der Waals surface area contributed by atoms with E-state index >= 15 is 0 Å². The molecule has 0 spiro atoms. The molecule has 0 aromatic carbocycles. The lowest BCUT2D eigenvalue weighted by molar-refractivity contribution is 0.0909. The summed E-state index contributed by atoms with van der Waals surface area (Å²) in [5, 5.41) is 3.07. The zero-order valence-corrected chi connectivity index (χ0v) is 21.0. The Hall–Kier alpha value is -2.54. The van der Waals surface area contributed by atoms with E-state index in [2.05, 4.69) is 43.0 Å². The van der Waals surface area contributed by atoms with E-state index in [1.165, 1.54) is 30.6 Å². The average Bonchev–Trinajstić information content (AvgIpc) is 3.41. The predicted molar refractivity (Wildman–Crippen MR) is 134 cm³/mol. The number of rotatable bonds is 6. The first-order valence-electron chi connectivity index (χ1n) is 11.9. The van der Waals surface area contributed by atoms with Crippen molar-refractivity contribution in [3.05, 3.63) is 35.0 Å². The van der Waals surface area contributed by atoms with Gasteiger partial charge in [-0.3, -0.25) is 9.59 Å². The number of thiophene rings is 1. The van der Waals surface area contributed by atoms with Crippen molar-refractivity contribution in [3.8, 4) is 10.6 Å². The van der Waals surface area contributed by atoms with Crippen LogP contribution in [0.1, 0.15) is 86.8 Å². The van der Waals surface area contributed by atoms with Gasteiger partial charge in [-0.1, -0.05) is 47.0 Å². The molecule has 3 atom stereocenters. The summed E-state index contributed by atoms with van der Waals surface area (Å²) in [7, 11) is 0. The smallest absolute Gasteiger partial charge is 0.255 e. The zero-order valence-electron chi connectivity index (χ0n) is 20.2. The van der Waals surface area contributed by atoms with Gasteiger partial charge in [0.25, 0.3) is 5.91 Å². The molecule has 1 amide bonds. The summed E-state index contributed by atoms with van der Waals surface area (Å²) in [5.41, 5.74) is 2.23. The summed E-state index contributed by atoms with van der Waals surface area (Å²) in [6.07, 6.45) is 8.87. The Balaban J connectivity index is 1.53. The van der Waals surface area contributed by atoms with Gasteiger partial charge in [-0.25, -0.2) is 9.97 Å². The minimum atomic E-state index is -0.168. The van der Waals surface area contributed by atoms with Gasteiger partial charge in [0.05, 0.1) is 27.2 Å². The molecule has 1 aliphatic rings. The van der Waals surface area contributed by atoms with Crippen molar-refractivity contribution in [2.24, 2.45) is 17.3 Å². The molecule has 0 saturated heterocycles. The van der Waals surface area contributed by atoms with E-state index in [0.29, 0.717) is 40.7 Å². The van der Waals surface area contributed by atoms with Gasteiger partial charge in [-0.2, -0.15) is 0 Å². The van der Waals surface area contributed by atoms with E-state index < -0.39 is 0 Å². The highest BCUT2D eigenvalue weighted by atomic mass is 32.1. The Morgan fingerprint density at radius 3 is 2.73 bits per heavy atom. The molecule has 2 unspecified atom stereocenters. The second-order valence-electron chi connectivity index (χ2n) is 10.5. The molecule has 7 heteroatoms. The molecule has 33 heavy (non-hydrogen) atoms.